The third kappa shape index (κ3) is 2.27. The van der Waals surface area contributed by atoms with Crippen molar-refractivity contribution in [2.45, 2.75) is 32.2 Å². The number of carboxylic acid groups (broad SMARTS) is 1. The second-order valence-electron chi connectivity index (χ2n) is 6.31. The molecule has 110 valence electrons. The minimum Gasteiger partial charge on any atom is -0.481 e. The lowest BCUT2D eigenvalue weighted by Gasteiger charge is -2.42. The van der Waals surface area contributed by atoms with Gasteiger partial charge in [-0.05, 0) is 12.8 Å². The van der Waals surface area contributed by atoms with Gasteiger partial charge >= 0.3 is 5.97 Å². The molecule has 2 amide bonds. The van der Waals surface area contributed by atoms with Gasteiger partial charge in [0.05, 0.1) is 11.8 Å². The fraction of sp³-hybridized carbons (Fsp3) is 0.786. The van der Waals surface area contributed by atoms with Crippen molar-refractivity contribution in [1.82, 2.24) is 9.80 Å². The maximum absolute atomic E-state index is 12.3. The molecule has 0 radical (unpaired) electrons. The summed E-state index contributed by atoms with van der Waals surface area (Å²) in [6, 6.07) is 0.372. The van der Waals surface area contributed by atoms with Crippen molar-refractivity contribution in [3.63, 3.8) is 0 Å². The highest BCUT2D eigenvalue weighted by molar-refractivity contribution is 5.90. The van der Waals surface area contributed by atoms with Crippen LogP contribution in [0, 0.1) is 17.8 Å². The number of hydrogen-bond acceptors (Lipinski definition) is 3. The fourth-order valence-corrected chi connectivity index (χ4v) is 3.10. The Balaban J connectivity index is 1.51. The second kappa shape index (κ2) is 4.75. The first-order valence-electron chi connectivity index (χ1n) is 7.28. The van der Waals surface area contributed by atoms with Crippen molar-refractivity contribution in [3.8, 4) is 0 Å². The van der Waals surface area contributed by atoms with Crippen LogP contribution in [0.4, 0.5) is 0 Å². The summed E-state index contributed by atoms with van der Waals surface area (Å²) >= 11 is 0. The van der Waals surface area contributed by atoms with Crippen LogP contribution in [0.3, 0.4) is 0 Å². The highest BCUT2D eigenvalue weighted by Crippen LogP contribution is 2.34. The van der Waals surface area contributed by atoms with Gasteiger partial charge in [0.1, 0.15) is 0 Å². The minimum absolute atomic E-state index is 0.0235. The van der Waals surface area contributed by atoms with E-state index in [9.17, 15) is 14.4 Å². The molecule has 3 rings (SSSR count). The zero-order valence-corrected chi connectivity index (χ0v) is 11.6. The van der Waals surface area contributed by atoms with Gasteiger partial charge in [0.2, 0.25) is 11.8 Å². The molecule has 2 atom stereocenters. The van der Waals surface area contributed by atoms with E-state index in [4.69, 9.17) is 5.11 Å². The van der Waals surface area contributed by atoms with Gasteiger partial charge in [-0.25, -0.2) is 0 Å². The molecule has 0 aromatic heterocycles. The SMILES string of the molecule is CC(C(=O)O)C1CN(C(=O)C2CC(=O)N(C3CC3)C2)C1. The Morgan fingerprint density at radius 2 is 1.90 bits per heavy atom. The van der Waals surface area contributed by atoms with Gasteiger partial charge in [-0.1, -0.05) is 6.92 Å². The lowest BCUT2D eigenvalue weighted by Crippen LogP contribution is -2.55. The summed E-state index contributed by atoms with van der Waals surface area (Å²) in [4.78, 5) is 38.6. The number of carbonyl (C=O) groups is 3. The van der Waals surface area contributed by atoms with Crippen LogP contribution >= 0.6 is 0 Å². The number of amides is 2. The van der Waals surface area contributed by atoms with E-state index in [1.54, 1.807) is 11.8 Å². The quantitative estimate of drug-likeness (QED) is 0.796. The lowest BCUT2D eigenvalue weighted by atomic mass is 9.86. The number of hydrogen-bond donors (Lipinski definition) is 1. The van der Waals surface area contributed by atoms with E-state index >= 15 is 0 Å². The summed E-state index contributed by atoms with van der Waals surface area (Å²) in [5, 5.41) is 8.94. The molecule has 2 saturated heterocycles. The summed E-state index contributed by atoms with van der Waals surface area (Å²) in [7, 11) is 0. The molecule has 3 aliphatic rings. The third-order valence-electron chi connectivity index (χ3n) is 4.81. The molecule has 0 bridgehead atoms. The third-order valence-corrected chi connectivity index (χ3v) is 4.81. The molecule has 2 aliphatic heterocycles. The van der Waals surface area contributed by atoms with Crippen LogP contribution in [0.5, 0.6) is 0 Å². The summed E-state index contributed by atoms with van der Waals surface area (Å²) in [5.74, 6) is -1.26. The first-order valence-corrected chi connectivity index (χ1v) is 7.28. The Morgan fingerprint density at radius 3 is 2.45 bits per heavy atom. The number of nitrogens with zero attached hydrogens (tertiary/aromatic N) is 2. The standard InChI is InChI=1S/C14H20N2O4/c1-8(14(19)20)10-5-15(6-10)13(18)9-4-12(17)16(7-9)11-2-3-11/h8-11H,2-7H2,1H3,(H,19,20). The monoisotopic (exact) mass is 280 g/mol. The number of carbonyl (C=O) groups excluding carboxylic acids is 2. The van der Waals surface area contributed by atoms with E-state index in [1.807, 2.05) is 4.90 Å². The Hall–Kier alpha value is -1.59. The number of aliphatic carboxylic acids is 1. The van der Waals surface area contributed by atoms with Crippen molar-refractivity contribution in [2.24, 2.45) is 17.8 Å². The van der Waals surface area contributed by atoms with E-state index in [0.717, 1.165) is 12.8 Å². The molecule has 6 heteroatoms. The van der Waals surface area contributed by atoms with Crippen LogP contribution in [0.25, 0.3) is 0 Å². The highest BCUT2D eigenvalue weighted by Gasteiger charge is 2.45. The number of rotatable bonds is 4. The summed E-state index contributed by atoms with van der Waals surface area (Å²) < 4.78 is 0. The molecule has 0 spiro atoms. The van der Waals surface area contributed by atoms with E-state index in [1.165, 1.54) is 0 Å². The van der Waals surface area contributed by atoms with E-state index in [0.29, 0.717) is 32.1 Å². The van der Waals surface area contributed by atoms with Crippen molar-refractivity contribution in [2.75, 3.05) is 19.6 Å². The Kier molecular flexibility index (Phi) is 3.18. The predicted octanol–water partition coefficient (Wildman–Crippen LogP) is 0.176. The van der Waals surface area contributed by atoms with Crippen molar-refractivity contribution in [1.29, 1.82) is 0 Å². The van der Waals surface area contributed by atoms with Crippen molar-refractivity contribution >= 4 is 17.8 Å². The Labute approximate surface area is 117 Å². The topological polar surface area (TPSA) is 77.9 Å². The molecule has 20 heavy (non-hydrogen) atoms. The van der Waals surface area contributed by atoms with Gasteiger partial charge in [-0.3, -0.25) is 14.4 Å². The zero-order chi connectivity index (χ0) is 14.4. The zero-order valence-electron chi connectivity index (χ0n) is 11.6. The van der Waals surface area contributed by atoms with Crippen LogP contribution < -0.4 is 0 Å². The summed E-state index contributed by atoms with van der Waals surface area (Å²) in [6.45, 7) is 3.27. The molecule has 2 heterocycles. The summed E-state index contributed by atoms with van der Waals surface area (Å²) in [6.07, 6.45) is 2.45. The first-order chi connectivity index (χ1) is 9.47. The second-order valence-corrected chi connectivity index (χ2v) is 6.31. The Bertz CT molecular complexity index is 454. The summed E-state index contributed by atoms with van der Waals surface area (Å²) in [5.41, 5.74) is 0. The van der Waals surface area contributed by atoms with Crippen molar-refractivity contribution in [3.05, 3.63) is 0 Å². The van der Waals surface area contributed by atoms with Gasteiger partial charge < -0.3 is 14.9 Å². The lowest BCUT2D eigenvalue weighted by molar-refractivity contribution is -0.152. The number of carboxylic acids is 1. The number of likely N-dealkylation sites (tertiary alicyclic amines) is 2. The minimum atomic E-state index is -0.807. The molecule has 0 aromatic rings. The van der Waals surface area contributed by atoms with Gasteiger partial charge in [0.25, 0.3) is 0 Å². The van der Waals surface area contributed by atoms with Crippen LogP contribution in [-0.4, -0.2) is 58.4 Å². The van der Waals surface area contributed by atoms with Crippen LogP contribution in [0.1, 0.15) is 26.2 Å². The predicted molar refractivity (Wildman–Crippen MR) is 69.7 cm³/mol. The first kappa shape index (κ1) is 13.4. The molecule has 1 aliphatic carbocycles. The van der Waals surface area contributed by atoms with Crippen LogP contribution in [0.2, 0.25) is 0 Å². The molecular formula is C14H20N2O4. The maximum atomic E-state index is 12.3. The average Bonchev–Trinajstić information content (AvgIpc) is 3.10. The maximum Gasteiger partial charge on any atom is 0.306 e. The average molecular weight is 280 g/mol. The molecule has 2 unspecified atom stereocenters. The smallest absolute Gasteiger partial charge is 0.306 e. The fourth-order valence-electron chi connectivity index (χ4n) is 3.10. The molecule has 1 saturated carbocycles. The molecule has 3 fully saturated rings. The highest BCUT2D eigenvalue weighted by atomic mass is 16.4. The van der Waals surface area contributed by atoms with Gasteiger partial charge in [0, 0.05) is 38.0 Å². The normalized spacial score (nSPS) is 28.4. The van der Waals surface area contributed by atoms with Gasteiger partial charge in [0.15, 0.2) is 0 Å². The van der Waals surface area contributed by atoms with E-state index in [2.05, 4.69) is 0 Å². The largest absolute Gasteiger partial charge is 0.481 e. The molecule has 6 nitrogen and oxygen atoms in total. The van der Waals surface area contributed by atoms with Crippen molar-refractivity contribution < 1.29 is 19.5 Å². The van der Waals surface area contributed by atoms with Crippen LogP contribution in [0.15, 0.2) is 0 Å². The van der Waals surface area contributed by atoms with E-state index in [-0.39, 0.29) is 23.7 Å². The molecule has 1 N–H and O–H groups in total. The van der Waals surface area contributed by atoms with Crippen LogP contribution in [-0.2, 0) is 14.4 Å². The van der Waals surface area contributed by atoms with E-state index < -0.39 is 11.9 Å². The Morgan fingerprint density at radius 1 is 1.25 bits per heavy atom. The molecule has 0 aromatic carbocycles. The van der Waals surface area contributed by atoms with Gasteiger partial charge in [-0.15, -0.1) is 0 Å². The molecular weight excluding hydrogens is 260 g/mol. The van der Waals surface area contributed by atoms with Gasteiger partial charge in [-0.2, -0.15) is 0 Å².